The minimum absolute atomic E-state index is 0.326. The van der Waals surface area contributed by atoms with Gasteiger partial charge >= 0.3 is 0 Å². The van der Waals surface area contributed by atoms with Crippen molar-refractivity contribution in [3.8, 4) is 5.75 Å². The van der Waals surface area contributed by atoms with Crippen LogP contribution < -0.4 is 10.6 Å². The van der Waals surface area contributed by atoms with Gasteiger partial charge in [-0.1, -0.05) is 6.42 Å². The van der Waals surface area contributed by atoms with Gasteiger partial charge in [0.25, 0.3) is 0 Å². The molecule has 0 atom stereocenters. The predicted octanol–water partition coefficient (Wildman–Crippen LogP) is 2.40. The summed E-state index contributed by atoms with van der Waals surface area (Å²) in [5, 5.41) is 16.3. The Balaban J connectivity index is 1.88. The van der Waals surface area contributed by atoms with Gasteiger partial charge in [0.2, 0.25) is 0 Å². The lowest BCUT2D eigenvalue weighted by molar-refractivity contribution is 0.171. The quantitative estimate of drug-likeness (QED) is 0.568. The highest BCUT2D eigenvalue weighted by molar-refractivity contribution is 5.71. The zero-order chi connectivity index (χ0) is 10.3. The summed E-state index contributed by atoms with van der Waals surface area (Å²) in [6.45, 7) is 2.08. The van der Waals surface area contributed by atoms with Crippen molar-refractivity contribution in [1.29, 1.82) is 0 Å². The third-order valence-corrected chi connectivity index (χ3v) is 3.73. The second-order valence-electron chi connectivity index (χ2n) is 4.79. The first-order valence-electron chi connectivity index (χ1n) is 5.58. The SMILES string of the molecule is Oc1ccc2c(c1)NCC1(CCC1)CN2. The van der Waals surface area contributed by atoms with Crippen LogP contribution in [0, 0.1) is 5.41 Å². The maximum Gasteiger partial charge on any atom is 0.117 e. The van der Waals surface area contributed by atoms with E-state index in [4.69, 9.17) is 0 Å². The molecule has 3 heteroatoms. The van der Waals surface area contributed by atoms with Crippen LogP contribution in [0.25, 0.3) is 0 Å². The van der Waals surface area contributed by atoms with Crippen LogP contribution in [-0.4, -0.2) is 18.2 Å². The maximum atomic E-state index is 9.41. The molecule has 0 radical (unpaired) electrons. The normalized spacial score (nSPS) is 21.9. The minimum atomic E-state index is 0.326. The van der Waals surface area contributed by atoms with Gasteiger partial charge in [-0.25, -0.2) is 0 Å². The fourth-order valence-corrected chi connectivity index (χ4v) is 2.49. The number of anilines is 2. The van der Waals surface area contributed by atoms with Crippen LogP contribution in [0.15, 0.2) is 18.2 Å². The maximum absolute atomic E-state index is 9.41. The van der Waals surface area contributed by atoms with Crippen LogP contribution in [0.1, 0.15) is 19.3 Å². The van der Waals surface area contributed by atoms with Crippen LogP contribution in [0.4, 0.5) is 11.4 Å². The van der Waals surface area contributed by atoms with Crippen LogP contribution in [0.3, 0.4) is 0 Å². The van der Waals surface area contributed by atoms with Crippen molar-refractivity contribution in [2.75, 3.05) is 23.7 Å². The molecule has 1 aliphatic carbocycles. The molecule has 3 rings (SSSR count). The van der Waals surface area contributed by atoms with Crippen molar-refractivity contribution in [2.24, 2.45) is 5.41 Å². The molecule has 0 amide bonds. The number of aromatic hydroxyl groups is 1. The predicted molar refractivity (Wildman–Crippen MR) is 61.4 cm³/mol. The highest BCUT2D eigenvalue weighted by atomic mass is 16.3. The number of hydrogen-bond donors (Lipinski definition) is 3. The van der Waals surface area contributed by atoms with Crippen molar-refractivity contribution < 1.29 is 5.11 Å². The van der Waals surface area contributed by atoms with E-state index in [1.54, 1.807) is 12.1 Å². The van der Waals surface area contributed by atoms with E-state index in [9.17, 15) is 5.11 Å². The van der Waals surface area contributed by atoms with Crippen LogP contribution in [0.2, 0.25) is 0 Å². The van der Waals surface area contributed by atoms with E-state index in [0.717, 1.165) is 24.5 Å². The Kier molecular flexibility index (Phi) is 1.81. The summed E-state index contributed by atoms with van der Waals surface area (Å²) < 4.78 is 0. The molecule has 1 aliphatic heterocycles. The molecule has 0 unspecified atom stereocenters. The zero-order valence-electron chi connectivity index (χ0n) is 8.71. The highest BCUT2D eigenvalue weighted by Gasteiger charge is 2.38. The summed E-state index contributed by atoms with van der Waals surface area (Å²) in [7, 11) is 0. The van der Waals surface area contributed by atoms with Gasteiger partial charge in [-0.2, -0.15) is 0 Å². The van der Waals surface area contributed by atoms with E-state index in [0.29, 0.717) is 11.2 Å². The summed E-state index contributed by atoms with van der Waals surface area (Å²) in [4.78, 5) is 0. The average molecular weight is 204 g/mol. The number of rotatable bonds is 0. The number of hydrogen-bond acceptors (Lipinski definition) is 3. The molecule has 15 heavy (non-hydrogen) atoms. The largest absolute Gasteiger partial charge is 0.508 e. The third kappa shape index (κ3) is 1.42. The Morgan fingerprint density at radius 3 is 2.47 bits per heavy atom. The highest BCUT2D eigenvalue weighted by Crippen LogP contribution is 2.43. The van der Waals surface area contributed by atoms with E-state index >= 15 is 0 Å². The van der Waals surface area contributed by atoms with Crippen LogP contribution in [-0.2, 0) is 0 Å². The Hall–Kier alpha value is -1.38. The number of fused-ring (bicyclic) bond motifs is 1. The monoisotopic (exact) mass is 204 g/mol. The Morgan fingerprint density at radius 2 is 1.80 bits per heavy atom. The molecule has 3 nitrogen and oxygen atoms in total. The molecule has 1 spiro atoms. The molecular formula is C12H16N2O. The summed E-state index contributed by atoms with van der Waals surface area (Å²) in [5.41, 5.74) is 2.59. The second-order valence-corrected chi connectivity index (χ2v) is 4.79. The number of nitrogens with one attached hydrogen (secondary N) is 2. The fourth-order valence-electron chi connectivity index (χ4n) is 2.49. The number of phenols is 1. The van der Waals surface area contributed by atoms with E-state index < -0.39 is 0 Å². The van der Waals surface area contributed by atoms with Gasteiger partial charge in [0.1, 0.15) is 5.75 Å². The smallest absolute Gasteiger partial charge is 0.117 e. The molecule has 1 saturated carbocycles. The van der Waals surface area contributed by atoms with Gasteiger partial charge in [-0.15, -0.1) is 0 Å². The molecule has 1 fully saturated rings. The van der Waals surface area contributed by atoms with Gasteiger partial charge in [0.05, 0.1) is 11.4 Å². The van der Waals surface area contributed by atoms with Crippen LogP contribution in [0.5, 0.6) is 5.75 Å². The third-order valence-electron chi connectivity index (χ3n) is 3.73. The average Bonchev–Trinajstić information content (AvgIpc) is 2.36. The lowest BCUT2D eigenvalue weighted by atomic mass is 9.69. The summed E-state index contributed by atoms with van der Waals surface area (Å²) >= 11 is 0. The van der Waals surface area contributed by atoms with Crippen molar-refractivity contribution in [2.45, 2.75) is 19.3 Å². The zero-order valence-corrected chi connectivity index (χ0v) is 8.71. The van der Waals surface area contributed by atoms with E-state index in [2.05, 4.69) is 10.6 Å². The van der Waals surface area contributed by atoms with E-state index in [1.807, 2.05) is 6.07 Å². The molecule has 2 aliphatic rings. The van der Waals surface area contributed by atoms with E-state index in [-0.39, 0.29) is 0 Å². The van der Waals surface area contributed by atoms with Crippen molar-refractivity contribution in [3.63, 3.8) is 0 Å². The van der Waals surface area contributed by atoms with Crippen LogP contribution >= 0.6 is 0 Å². The lowest BCUT2D eigenvalue weighted by Gasteiger charge is -2.41. The van der Waals surface area contributed by atoms with Gasteiger partial charge in [0.15, 0.2) is 0 Å². The molecule has 0 saturated heterocycles. The van der Waals surface area contributed by atoms with Crippen molar-refractivity contribution >= 4 is 11.4 Å². The molecule has 80 valence electrons. The molecule has 0 bridgehead atoms. The fraction of sp³-hybridized carbons (Fsp3) is 0.500. The minimum Gasteiger partial charge on any atom is -0.508 e. The van der Waals surface area contributed by atoms with Gasteiger partial charge in [0, 0.05) is 24.6 Å². The van der Waals surface area contributed by atoms with Gasteiger partial charge < -0.3 is 15.7 Å². The Bertz CT molecular complexity index is 385. The topological polar surface area (TPSA) is 44.3 Å². The first-order chi connectivity index (χ1) is 7.27. The molecular weight excluding hydrogens is 188 g/mol. The Morgan fingerprint density at radius 1 is 1.07 bits per heavy atom. The summed E-state index contributed by atoms with van der Waals surface area (Å²) in [6.07, 6.45) is 3.98. The first-order valence-corrected chi connectivity index (χ1v) is 5.58. The van der Waals surface area contributed by atoms with Gasteiger partial charge in [-0.05, 0) is 25.0 Å². The molecule has 1 heterocycles. The summed E-state index contributed by atoms with van der Waals surface area (Å²) in [6, 6.07) is 5.46. The molecule has 3 N–H and O–H groups in total. The molecule has 1 aromatic carbocycles. The number of benzene rings is 1. The molecule has 1 aromatic rings. The lowest BCUT2D eigenvalue weighted by Crippen LogP contribution is -2.40. The van der Waals surface area contributed by atoms with Crippen molar-refractivity contribution in [3.05, 3.63) is 18.2 Å². The molecule has 0 aromatic heterocycles. The standard InChI is InChI=1S/C12H16N2O/c15-9-2-3-10-11(6-9)14-8-12(7-13-10)4-1-5-12/h2-3,6,13-15H,1,4-5,7-8H2. The second kappa shape index (κ2) is 3.05. The van der Waals surface area contributed by atoms with Crippen molar-refractivity contribution in [1.82, 2.24) is 0 Å². The Labute approximate surface area is 89.5 Å². The first kappa shape index (κ1) is 8.89. The summed E-state index contributed by atoms with van der Waals surface area (Å²) in [5.74, 6) is 0.326. The van der Waals surface area contributed by atoms with Gasteiger partial charge in [-0.3, -0.25) is 0 Å². The number of phenolic OH excluding ortho intramolecular Hbond substituents is 1. The van der Waals surface area contributed by atoms with E-state index in [1.165, 1.54) is 19.3 Å².